The maximum atomic E-state index is 13.8. The van der Waals surface area contributed by atoms with E-state index in [4.69, 9.17) is 9.53 Å². The van der Waals surface area contributed by atoms with Crippen LogP contribution in [-0.2, 0) is 15.8 Å². The number of nitrogens with one attached hydrogen (secondary N) is 1. The maximum absolute atomic E-state index is 13.8. The Morgan fingerprint density at radius 1 is 1.27 bits per heavy atom. The molecule has 0 aromatic heterocycles. The van der Waals surface area contributed by atoms with Crippen LogP contribution in [-0.4, -0.2) is 49.5 Å². The number of rotatable bonds is 9. The fourth-order valence-electron chi connectivity index (χ4n) is 2.87. The first-order valence-corrected chi connectivity index (χ1v) is 12.9. The summed E-state index contributed by atoms with van der Waals surface area (Å²) in [7, 11) is -0.599. The Hall–Kier alpha value is -2.00. The summed E-state index contributed by atoms with van der Waals surface area (Å²) in [5, 5.41) is 11.6. The highest BCUT2D eigenvalue weighted by molar-refractivity contribution is 6.74. The van der Waals surface area contributed by atoms with Gasteiger partial charge in [-0.3, -0.25) is 4.79 Å². The number of carbonyl (C=O) groups is 2. The van der Waals surface area contributed by atoms with Gasteiger partial charge in [-0.15, -0.1) is 0 Å². The minimum absolute atomic E-state index is 0.0319. The van der Waals surface area contributed by atoms with Gasteiger partial charge in [-0.2, -0.15) is 0 Å². The van der Waals surface area contributed by atoms with Crippen LogP contribution in [0.25, 0.3) is 0 Å². The molecule has 0 aliphatic carbocycles. The summed E-state index contributed by atoms with van der Waals surface area (Å²) in [6.45, 7) is 12.1. The Labute approximate surface area is 178 Å². The van der Waals surface area contributed by atoms with E-state index in [0.717, 1.165) is 6.07 Å². The van der Waals surface area contributed by atoms with E-state index >= 15 is 0 Å². The normalized spacial score (nSPS) is 14.2. The summed E-state index contributed by atoms with van der Waals surface area (Å²) < 4.78 is 33.6. The molecule has 2 unspecified atom stereocenters. The summed E-state index contributed by atoms with van der Waals surface area (Å²) >= 11 is 0. The average molecular weight is 445 g/mol. The lowest BCUT2D eigenvalue weighted by Crippen LogP contribution is -2.53. The number of urea groups is 1. The minimum Gasteiger partial charge on any atom is -0.481 e. The summed E-state index contributed by atoms with van der Waals surface area (Å²) in [6, 6.07) is 2.76. The van der Waals surface area contributed by atoms with E-state index < -0.39 is 44.1 Å². The highest BCUT2D eigenvalue weighted by atomic mass is 28.4. The van der Waals surface area contributed by atoms with Gasteiger partial charge in [-0.25, -0.2) is 13.6 Å². The van der Waals surface area contributed by atoms with Crippen molar-refractivity contribution in [1.82, 2.24) is 10.2 Å². The third-order valence-corrected chi connectivity index (χ3v) is 10.3. The van der Waals surface area contributed by atoms with Crippen LogP contribution in [0.15, 0.2) is 18.2 Å². The van der Waals surface area contributed by atoms with E-state index in [9.17, 15) is 18.4 Å². The molecule has 1 rings (SSSR count). The third kappa shape index (κ3) is 7.05. The zero-order valence-electron chi connectivity index (χ0n) is 18.9. The number of amides is 2. The van der Waals surface area contributed by atoms with E-state index in [2.05, 4.69) is 39.2 Å². The molecular weight excluding hydrogens is 410 g/mol. The molecule has 9 heteroatoms. The van der Waals surface area contributed by atoms with Crippen molar-refractivity contribution in [3.05, 3.63) is 35.4 Å². The van der Waals surface area contributed by atoms with Crippen LogP contribution in [0.4, 0.5) is 13.6 Å². The van der Waals surface area contributed by atoms with Crippen molar-refractivity contribution in [3.63, 3.8) is 0 Å². The Morgan fingerprint density at radius 3 is 2.40 bits per heavy atom. The van der Waals surface area contributed by atoms with Gasteiger partial charge in [0, 0.05) is 25.6 Å². The van der Waals surface area contributed by atoms with Crippen LogP contribution in [0.5, 0.6) is 0 Å². The summed E-state index contributed by atoms with van der Waals surface area (Å²) in [5.41, 5.74) is 0.0319. The maximum Gasteiger partial charge on any atom is 0.317 e. The zero-order valence-corrected chi connectivity index (χ0v) is 19.9. The van der Waals surface area contributed by atoms with Crippen LogP contribution < -0.4 is 5.32 Å². The smallest absolute Gasteiger partial charge is 0.317 e. The van der Waals surface area contributed by atoms with Crippen LogP contribution >= 0.6 is 0 Å². The van der Waals surface area contributed by atoms with Gasteiger partial charge in [0.2, 0.25) is 0 Å². The number of carboxylic acid groups (broad SMARTS) is 1. The fraction of sp³-hybridized carbons (Fsp3) is 0.619. The molecule has 0 radical (unpaired) electrons. The molecule has 2 N–H and O–H groups in total. The van der Waals surface area contributed by atoms with Crippen molar-refractivity contribution in [2.24, 2.45) is 0 Å². The van der Waals surface area contributed by atoms with Crippen LogP contribution in [0.2, 0.25) is 18.1 Å². The van der Waals surface area contributed by atoms with Crippen molar-refractivity contribution in [2.75, 3.05) is 7.05 Å². The molecule has 0 bridgehead atoms. The highest BCUT2D eigenvalue weighted by Gasteiger charge is 2.40. The SMILES string of the molecule is CC(O[Si](C)(C)C(C)(C)C)C(CCC(=O)O)N(C)C(=O)NCc1cccc(F)c1F. The van der Waals surface area contributed by atoms with E-state index in [1.165, 1.54) is 17.0 Å². The molecule has 1 aromatic carbocycles. The van der Waals surface area contributed by atoms with Gasteiger partial charge in [0.1, 0.15) is 0 Å². The van der Waals surface area contributed by atoms with Gasteiger partial charge < -0.3 is 19.7 Å². The zero-order chi connectivity index (χ0) is 23.3. The van der Waals surface area contributed by atoms with E-state index in [0.29, 0.717) is 0 Å². The van der Waals surface area contributed by atoms with Crippen molar-refractivity contribution < 1.29 is 27.9 Å². The van der Waals surface area contributed by atoms with Crippen molar-refractivity contribution in [1.29, 1.82) is 0 Å². The van der Waals surface area contributed by atoms with Gasteiger partial charge in [0.15, 0.2) is 20.0 Å². The van der Waals surface area contributed by atoms with Crippen molar-refractivity contribution >= 4 is 20.3 Å². The monoisotopic (exact) mass is 444 g/mol. The lowest BCUT2D eigenvalue weighted by molar-refractivity contribution is -0.137. The molecule has 0 aliphatic rings. The molecule has 2 amide bonds. The van der Waals surface area contributed by atoms with E-state index in [-0.39, 0.29) is 30.0 Å². The topological polar surface area (TPSA) is 78.9 Å². The van der Waals surface area contributed by atoms with Gasteiger partial charge >= 0.3 is 12.0 Å². The van der Waals surface area contributed by atoms with Crippen molar-refractivity contribution in [2.45, 2.75) is 77.4 Å². The molecule has 0 spiro atoms. The molecular formula is C21H34F2N2O4Si. The number of hydrogen-bond acceptors (Lipinski definition) is 3. The summed E-state index contributed by atoms with van der Waals surface area (Å²) in [5.74, 6) is -2.95. The molecule has 2 atom stereocenters. The van der Waals surface area contributed by atoms with Gasteiger partial charge in [-0.05, 0) is 37.5 Å². The summed E-state index contributed by atoms with van der Waals surface area (Å²) in [4.78, 5) is 25.2. The van der Waals surface area contributed by atoms with Crippen LogP contribution in [0.1, 0.15) is 46.1 Å². The number of likely N-dealkylation sites (N-methyl/N-ethyl adjacent to an activating group) is 1. The standard InChI is InChI=1S/C21H34F2N2O4Si/c1-14(29-30(6,7)21(2,3)4)17(11-12-18(26)27)25(5)20(28)24-13-15-9-8-10-16(22)19(15)23/h8-10,14,17H,11-13H2,1-7H3,(H,24,28)(H,26,27). The van der Waals surface area contributed by atoms with Gasteiger partial charge in [0.05, 0.1) is 12.1 Å². The number of benzene rings is 1. The Morgan fingerprint density at radius 2 is 1.87 bits per heavy atom. The van der Waals surface area contributed by atoms with Gasteiger partial charge in [0.25, 0.3) is 0 Å². The third-order valence-electron chi connectivity index (χ3n) is 5.76. The Bertz CT molecular complexity index is 753. The Kier molecular flexibility index (Phi) is 8.98. The largest absolute Gasteiger partial charge is 0.481 e. The lowest BCUT2D eigenvalue weighted by Gasteiger charge is -2.42. The average Bonchev–Trinajstić information content (AvgIpc) is 2.61. The predicted molar refractivity (Wildman–Crippen MR) is 115 cm³/mol. The first-order chi connectivity index (χ1) is 13.7. The highest BCUT2D eigenvalue weighted by Crippen LogP contribution is 2.38. The second-order valence-corrected chi connectivity index (χ2v) is 13.8. The number of carboxylic acids is 1. The van der Waals surface area contributed by atoms with Gasteiger partial charge in [-0.1, -0.05) is 32.9 Å². The van der Waals surface area contributed by atoms with Crippen LogP contribution in [0, 0.1) is 11.6 Å². The molecule has 170 valence electrons. The number of aliphatic carboxylic acids is 1. The predicted octanol–water partition coefficient (Wildman–Crippen LogP) is 4.75. The van der Waals surface area contributed by atoms with Crippen molar-refractivity contribution in [3.8, 4) is 0 Å². The number of halogens is 2. The number of carbonyl (C=O) groups excluding carboxylic acids is 1. The molecule has 6 nitrogen and oxygen atoms in total. The molecule has 30 heavy (non-hydrogen) atoms. The second kappa shape index (κ2) is 10.3. The van der Waals surface area contributed by atoms with E-state index in [1.54, 1.807) is 7.05 Å². The summed E-state index contributed by atoms with van der Waals surface area (Å²) in [6.07, 6.45) is -0.304. The Balaban J connectivity index is 2.93. The molecule has 0 aliphatic heterocycles. The minimum atomic E-state index is -2.15. The molecule has 1 aromatic rings. The van der Waals surface area contributed by atoms with E-state index in [1.807, 2.05) is 6.92 Å². The number of nitrogens with zero attached hydrogens (tertiary/aromatic N) is 1. The first-order valence-electron chi connectivity index (χ1n) is 10.0. The molecule has 0 heterocycles. The number of hydrogen-bond donors (Lipinski definition) is 2. The van der Waals surface area contributed by atoms with Crippen LogP contribution in [0.3, 0.4) is 0 Å². The molecule has 0 fully saturated rings. The second-order valence-electron chi connectivity index (χ2n) is 9.07. The molecule has 0 saturated heterocycles. The molecule has 0 saturated carbocycles. The fourth-order valence-corrected chi connectivity index (χ4v) is 4.31. The quantitative estimate of drug-likeness (QED) is 0.539. The first kappa shape index (κ1) is 26.0. The lowest BCUT2D eigenvalue weighted by atomic mass is 10.1.